The molecule has 0 spiro atoms. The molecule has 6 nitrogen and oxygen atoms in total. The smallest absolute Gasteiger partial charge is 0.322 e. The molecule has 3 aromatic carbocycles. The molecule has 4 aromatic rings. The zero-order valence-corrected chi connectivity index (χ0v) is 21.1. The number of aromatic nitrogens is 2. The molecule has 1 aromatic heterocycles. The van der Waals surface area contributed by atoms with Gasteiger partial charge in [0.1, 0.15) is 5.82 Å². The standard InChI is InChI=1S/C29H22F4N4O2/c1-16-8-10-18(15-22(16)30)36-25(38)20-14-17(9-11-21(20)29(31,32)33)19-6-4-7-23-24(19)28(2,3)26(39)37(23)27-34-12-5-13-35-27/h4-15H,1-3H3,(H,36,38). The number of nitrogens with zero attached hydrogens (tertiary/aromatic N) is 3. The van der Waals surface area contributed by atoms with Crippen molar-refractivity contribution in [2.75, 3.05) is 10.2 Å². The molecule has 0 radical (unpaired) electrons. The Morgan fingerprint density at radius 2 is 1.69 bits per heavy atom. The van der Waals surface area contributed by atoms with Crippen LogP contribution in [0.5, 0.6) is 0 Å². The largest absolute Gasteiger partial charge is 0.417 e. The molecule has 1 aliphatic rings. The van der Waals surface area contributed by atoms with Gasteiger partial charge in [0.15, 0.2) is 0 Å². The van der Waals surface area contributed by atoms with Crippen LogP contribution in [0.2, 0.25) is 0 Å². The average Bonchev–Trinajstić information content (AvgIpc) is 3.11. The van der Waals surface area contributed by atoms with E-state index in [0.717, 1.165) is 18.2 Å². The van der Waals surface area contributed by atoms with Gasteiger partial charge in [-0.05, 0) is 79.4 Å². The highest BCUT2D eigenvalue weighted by atomic mass is 19.4. The average molecular weight is 535 g/mol. The topological polar surface area (TPSA) is 75.2 Å². The third-order valence-corrected chi connectivity index (χ3v) is 6.71. The van der Waals surface area contributed by atoms with Crippen molar-refractivity contribution in [3.63, 3.8) is 0 Å². The highest BCUT2D eigenvalue weighted by Gasteiger charge is 2.47. The second kappa shape index (κ2) is 9.30. The van der Waals surface area contributed by atoms with Crippen molar-refractivity contribution < 1.29 is 27.2 Å². The van der Waals surface area contributed by atoms with Crippen LogP contribution in [0.3, 0.4) is 0 Å². The number of amides is 2. The summed E-state index contributed by atoms with van der Waals surface area (Å²) in [6.07, 6.45) is -1.81. The van der Waals surface area contributed by atoms with E-state index in [1.165, 1.54) is 42.4 Å². The first kappa shape index (κ1) is 26.0. The fourth-order valence-electron chi connectivity index (χ4n) is 4.74. The van der Waals surface area contributed by atoms with Gasteiger partial charge < -0.3 is 5.32 Å². The van der Waals surface area contributed by atoms with Crippen molar-refractivity contribution >= 4 is 29.1 Å². The van der Waals surface area contributed by atoms with E-state index >= 15 is 0 Å². The molecule has 0 saturated heterocycles. The normalized spacial score (nSPS) is 14.3. The van der Waals surface area contributed by atoms with Crippen molar-refractivity contribution in [2.45, 2.75) is 32.4 Å². The van der Waals surface area contributed by atoms with E-state index in [2.05, 4.69) is 15.3 Å². The van der Waals surface area contributed by atoms with Gasteiger partial charge >= 0.3 is 6.18 Å². The number of fused-ring (bicyclic) bond motifs is 1. The molecule has 2 amide bonds. The van der Waals surface area contributed by atoms with E-state index in [1.807, 2.05) is 0 Å². The molecule has 10 heteroatoms. The van der Waals surface area contributed by atoms with Crippen LogP contribution >= 0.6 is 0 Å². The van der Waals surface area contributed by atoms with Gasteiger partial charge in [-0.1, -0.05) is 24.3 Å². The molecular formula is C29H22F4N4O2. The van der Waals surface area contributed by atoms with E-state index < -0.39 is 34.4 Å². The summed E-state index contributed by atoms with van der Waals surface area (Å²) >= 11 is 0. The summed E-state index contributed by atoms with van der Waals surface area (Å²) in [5.41, 5.74) is -0.657. The fourth-order valence-corrected chi connectivity index (χ4v) is 4.74. The van der Waals surface area contributed by atoms with Crippen molar-refractivity contribution in [3.8, 4) is 11.1 Å². The summed E-state index contributed by atoms with van der Waals surface area (Å²) in [4.78, 5) is 36.4. The summed E-state index contributed by atoms with van der Waals surface area (Å²) < 4.78 is 55.8. The maximum Gasteiger partial charge on any atom is 0.417 e. The molecule has 0 fully saturated rings. The summed E-state index contributed by atoms with van der Waals surface area (Å²) in [5.74, 6) is -1.78. The Morgan fingerprint density at radius 3 is 2.36 bits per heavy atom. The minimum atomic E-state index is -4.82. The number of alkyl halides is 3. The van der Waals surface area contributed by atoms with E-state index in [4.69, 9.17) is 0 Å². The molecule has 198 valence electrons. The monoisotopic (exact) mass is 534 g/mol. The Hall–Kier alpha value is -4.60. The molecule has 1 aliphatic heterocycles. The van der Waals surface area contributed by atoms with Crippen molar-refractivity contribution in [1.29, 1.82) is 0 Å². The minimum absolute atomic E-state index is 0.0208. The number of benzene rings is 3. The number of carbonyl (C=O) groups excluding carboxylic acids is 2. The van der Waals surface area contributed by atoms with Gasteiger partial charge in [-0.2, -0.15) is 13.2 Å². The second-order valence-electron chi connectivity index (χ2n) is 9.69. The van der Waals surface area contributed by atoms with Crippen molar-refractivity contribution in [3.05, 3.63) is 101 Å². The highest BCUT2D eigenvalue weighted by molar-refractivity contribution is 6.13. The SMILES string of the molecule is Cc1ccc(NC(=O)c2cc(-c3cccc4c3C(C)(C)C(=O)N4c3ncccn3)ccc2C(F)(F)F)cc1F. The molecule has 0 aliphatic carbocycles. The molecule has 5 rings (SSSR count). The lowest BCUT2D eigenvalue weighted by Crippen LogP contribution is -2.34. The van der Waals surface area contributed by atoms with Crippen molar-refractivity contribution in [2.24, 2.45) is 0 Å². The van der Waals surface area contributed by atoms with E-state index in [0.29, 0.717) is 27.9 Å². The molecule has 0 saturated carbocycles. The number of hydrogen-bond acceptors (Lipinski definition) is 4. The van der Waals surface area contributed by atoms with Gasteiger partial charge in [-0.3, -0.25) is 9.59 Å². The quantitative estimate of drug-likeness (QED) is 0.292. The summed E-state index contributed by atoms with van der Waals surface area (Å²) in [6.45, 7) is 4.95. The van der Waals surface area contributed by atoms with Gasteiger partial charge in [0.05, 0.1) is 22.2 Å². The molecule has 39 heavy (non-hydrogen) atoms. The third kappa shape index (κ3) is 4.52. The Balaban J connectivity index is 1.64. The summed E-state index contributed by atoms with van der Waals surface area (Å²) in [6, 6.07) is 13.8. The van der Waals surface area contributed by atoms with Crippen LogP contribution < -0.4 is 10.2 Å². The van der Waals surface area contributed by atoms with E-state index in [-0.39, 0.29) is 17.5 Å². The summed E-state index contributed by atoms with van der Waals surface area (Å²) in [5, 5.41) is 2.36. The van der Waals surface area contributed by atoms with Crippen LogP contribution in [0.15, 0.2) is 73.1 Å². The molecule has 0 bridgehead atoms. The predicted octanol–water partition coefficient (Wildman–Crippen LogP) is 6.82. The van der Waals surface area contributed by atoms with Crippen LogP contribution in [0.25, 0.3) is 11.1 Å². The second-order valence-corrected chi connectivity index (χ2v) is 9.69. The predicted molar refractivity (Wildman–Crippen MR) is 138 cm³/mol. The number of carbonyl (C=O) groups is 2. The van der Waals surface area contributed by atoms with Crippen LogP contribution in [0, 0.1) is 12.7 Å². The summed E-state index contributed by atoms with van der Waals surface area (Å²) in [7, 11) is 0. The van der Waals surface area contributed by atoms with Gasteiger partial charge in [-0.15, -0.1) is 0 Å². The Labute approximate surface area is 221 Å². The van der Waals surface area contributed by atoms with Crippen LogP contribution in [-0.4, -0.2) is 21.8 Å². The van der Waals surface area contributed by atoms with Gasteiger partial charge in [0.2, 0.25) is 11.9 Å². The first-order chi connectivity index (χ1) is 18.4. The van der Waals surface area contributed by atoms with Crippen molar-refractivity contribution in [1.82, 2.24) is 9.97 Å². The molecular weight excluding hydrogens is 512 g/mol. The maximum atomic E-state index is 14.0. The fraction of sp³-hybridized carbons (Fsp3) is 0.172. The Kier molecular flexibility index (Phi) is 6.21. The third-order valence-electron chi connectivity index (χ3n) is 6.71. The lowest BCUT2D eigenvalue weighted by Gasteiger charge is -2.21. The lowest BCUT2D eigenvalue weighted by atomic mass is 9.81. The molecule has 0 unspecified atom stereocenters. The number of hydrogen-bond donors (Lipinski definition) is 1. The number of nitrogens with one attached hydrogen (secondary N) is 1. The number of halogens is 4. The number of aryl methyl sites for hydroxylation is 1. The van der Waals surface area contributed by atoms with Gasteiger partial charge in [0.25, 0.3) is 5.91 Å². The van der Waals surface area contributed by atoms with E-state index in [1.54, 1.807) is 38.1 Å². The molecule has 2 heterocycles. The molecule has 1 N–H and O–H groups in total. The van der Waals surface area contributed by atoms with Gasteiger partial charge in [0, 0.05) is 18.1 Å². The van der Waals surface area contributed by atoms with Gasteiger partial charge in [-0.25, -0.2) is 19.3 Å². The highest BCUT2D eigenvalue weighted by Crippen LogP contribution is 2.49. The first-order valence-electron chi connectivity index (χ1n) is 11.9. The van der Waals surface area contributed by atoms with Crippen LogP contribution in [-0.2, 0) is 16.4 Å². The maximum absolute atomic E-state index is 14.0. The van der Waals surface area contributed by atoms with Crippen LogP contribution in [0.4, 0.5) is 34.9 Å². The number of anilines is 3. The van der Waals surface area contributed by atoms with E-state index in [9.17, 15) is 27.2 Å². The number of rotatable bonds is 4. The molecule has 0 atom stereocenters. The van der Waals surface area contributed by atoms with Crippen LogP contribution in [0.1, 0.15) is 40.9 Å². The first-order valence-corrected chi connectivity index (χ1v) is 11.9. The zero-order chi connectivity index (χ0) is 28.1. The Morgan fingerprint density at radius 1 is 0.974 bits per heavy atom. The zero-order valence-electron chi connectivity index (χ0n) is 21.1. The Bertz CT molecular complexity index is 1620. The minimum Gasteiger partial charge on any atom is -0.322 e. The lowest BCUT2D eigenvalue weighted by molar-refractivity contribution is -0.137.